The number of nitrogens with zero attached hydrogens (tertiary/aromatic N) is 4. The Morgan fingerprint density at radius 1 is 1.09 bits per heavy atom. The SMILES string of the molecule is CN(Cc1ccccc1N(C=O)CC(=Nc1ccccc1CCN1CCOCC1)NC=O)C1CC1. The van der Waals surface area contributed by atoms with Gasteiger partial charge >= 0.3 is 0 Å². The number of carbonyl (C=O) groups excluding carboxylic acids is 2. The molecule has 8 nitrogen and oxygen atoms in total. The molecule has 2 aromatic rings. The fraction of sp³-hybridized carbons (Fsp3) is 0.444. The van der Waals surface area contributed by atoms with Gasteiger partial charge in [0.05, 0.1) is 25.4 Å². The van der Waals surface area contributed by atoms with Crippen LogP contribution in [0.25, 0.3) is 0 Å². The van der Waals surface area contributed by atoms with Gasteiger partial charge in [-0.15, -0.1) is 0 Å². The van der Waals surface area contributed by atoms with Crippen molar-refractivity contribution in [2.45, 2.75) is 31.8 Å². The minimum atomic E-state index is 0.171. The van der Waals surface area contributed by atoms with Crippen LogP contribution < -0.4 is 10.2 Å². The number of hydrogen-bond acceptors (Lipinski definition) is 6. The summed E-state index contributed by atoms with van der Waals surface area (Å²) in [6.45, 7) is 5.28. The predicted molar refractivity (Wildman–Crippen MR) is 138 cm³/mol. The third kappa shape index (κ3) is 7.21. The number of ether oxygens (including phenoxy) is 1. The molecule has 1 aliphatic heterocycles. The minimum absolute atomic E-state index is 0.171. The Bertz CT molecular complexity index is 1020. The zero-order chi connectivity index (χ0) is 24.5. The van der Waals surface area contributed by atoms with Crippen molar-refractivity contribution in [3.8, 4) is 0 Å². The van der Waals surface area contributed by atoms with E-state index in [1.807, 2.05) is 36.4 Å². The molecule has 0 spiro atoms. The molecule has 1 N–H and O–H groups in total. The first-order valence-electron chi connectivity index (χ1n) is 12.3. The third-order valence-corrected chi connectivity index (χ3v) is 6.61. The van der Waals surface area contributed by atoms with Crippen molar-refractivity contribution in [1.29, 1.82) is 0 Å². The molecule has 0 bridgehead atoms. The largest absolute Gasteiger partial charge is 0.379 e. The van der Waals surface area contributed by atoms with E-state index < -0.39 is 0 Å². The summed E-state index contributed by atoms with van der Waals surface area (Å²) in [6.07, 6.45) is 4.72. The first-order valence-corrected chi connectivity index (χ1v) is 12.3. The average molecular weight is 478 g/mol. The molecule has 4 rings (SSSR count). The molecule has 1 saturated heterocycles. The van der Waals surface area contributed by atoms with Crippen molar-refractivity contribution in [1.82, 2.24) is 15.1 Å². The quantitative estimate of drug-likeness (QED) is 0.289. The van der Waals surface area contributed by atoms with E-state index in [9.17, 15) is 9.59 Å². The van der Waals surface area contributed by atoms with Crippen LogP contribution in [-0.2, 0) is 27.3 Å². The van der Waals surface area contributed by atoms with Crippen LogP contribution in [0.3, 0.4) is 0 Å². The van der Waals surface area contributed by atoms with Gasteiger partial charge in [0, 0.05) is 37.9 Å². The predicted octanol–water partition coefficient (Wildman–Crippen LogP) is 2.59. The van der Waals surface area contributed by atoms with Gasteiger partial charge in [0.15, 0.2) is 0 Å². The fourth-order valence-corrected chi connectivity index (χ4v) is 4.44. The van der Waals surface area contributed by atoms with E-state index in [2.05, 4.69) is 34.3 Å². The van der Waals surface area contributed by atoms with E-state index in [0.29, 0.717) is 18.3 Å². The maximum absolute atomic E-state index is 12.2. The highest BCUT2D eigenvalue weighted by molar-refractivity contribution is 5.98. The molecule has 0 radical (unpaired) electrons. The van der Waals surface area contributed by atoms with Crippen molar-refractivity contribution < 1.29 is 14.3 Å². The monoisotopic (exact) mass is 477 g/mol. The van der Waals surface area contributed by atoms with Crippen molar-refractivity contribution in [3.63, 3.8) is 0 Å². The molecule has 2 aliphatic rings. The number of hydrogen-bond donors (Lipinski definition) is 1. The number of benzene rings is 2. The Morgan fingerprint density at radius 2 is 1.80 bits per heavy atom. The molecule has 35 heavy (non-hydrogen) atoms. The molecule has 1 saturated carbocycles. The van der Waals surface area contributed by atoms with E-state index in [1.165, 1.54) is 12.8 Å². The number of nitrogens with one attached hydrogen (secondary N) is 1. The van der Waals surface area contributed by atoms with Crippen LogP contribution in [0.1, 0.15) is 24.0 Å². The molecular formula is C27H35N5O3. The van der Waals surface area contributed by atoms with Gasteiger partial charge in [-0.2, -0.15) is 0 Å². The van der Waals surface area contributed by atoms with Gasteiger partial charge in [-0.3, -0.25) is 19.4 Å². The number of carbonyl (C=O) groups is 2. The molecule has 2 amide bonds. The lowest BCUT2D eigenvalue weighted by Gasteiger charge is -2.26. The number of amides is 2. The Hall–Kier alpha value is -3.07. The minimum Gasteiger partial charge on any atom is -0.379 e. The summed E-state index contributed by atoms with van der Waals surface area (Å²) < 4.78 is 5.44. The van der Waals surface area contributed by atoms with Gasteiger partial charge in [0.2, 0.25) is 12.8 Å². The summed E-state index contributed by atoms with van der Waals surface area (Å²) in [5.41, 5.74) is 3.81. The second kappa shape index (κ2) is 12.6. The number of morpholine rings is 1. The van der Waals surface area contributed by atoms with Crippen LogP contribution in [0, 0.1) is 0 Å². The summed E-state index contributed by atoms with van der Waals surface area (Å²) in [4.78, 5) is 34.7. The van der Waals surface area contributed by atoms with Crippen molar-refractivity contribution in [3.05, 3.63) is 59.7 Å². The molecule has 0 atom stereocenters. The fourth-order valence-electron chi connectivity index (χ4n) is 4.44. The third-order valence-electron chi connectivity index (χ3n) is 6.61. The second-order valence-electron chi connectivity index (χ2n) is 9.16. The lowest BCUT2D eigenvalue weighted by atomic mass is 10.1. The molecular weight excluding hydrogens is 442 g/mol. The van der Waals surface area contributed by atoms with Crippen molar-refractivity contribution in [2.75, 3.05) is 51.3 Å². The second-order valence-corrected chi connectivity index (χ2v) is 9.16. The normalized spacial score (nSPS) is 16.8. The highest BCUT2D eigenvalue weighted by Crippen LogP contribution is 2.29. The molecule has 2 fully saturated rings. The van der Waals surface area contributed by atoms with Gasteiger partial charge in [-0.05, 0) is 49.6 Å². The van der Waals surface area contributed by atoms with E-state index >= 15 is 0 Å². The summed E-state index contributed by atoms with van der Waals surface area (Å²) in [6, 6.07) is 16.5. The highest BCUT2D eigenvalue weighted by Gasteiger charge is 2.27. The summed E-state index contributed by atoms with van der Waals surface area (Å²) >= 11 is 0. The topological polar surface area (TPSA) is 77.5 Å². The van der Waals surface area contributed by atoms with E-state index in [1.54, 1.807) is 4.90 Å². The summed E-state index contributed by atoms with van der Waals surface area (Å²) in [7, 11) is 2.12. The first kappa shape index (κ1) is 25.0. The standard InChI is InChI=1S/C27H35N5O3/c1-30(24-10-11-24)18-23-7-3-5-9-26(23)32(21-34)19-27(28-20-33)29-25-8-4-2-6-22(25)12-13-31-14-16-35-17-15-31/h2-9,20-21,24H,10-19H2,1H3,(H,28,29,33). The average Bonchev–Trinajstić information content (AvgIpc) is 3.74. The smallest absolute Gasteiger partial charge is 0.214 e. The first-order chi connectivity index (χ1) is 17.2. The van der Waals surface area contributed by atoms with Crippen LogP contribution in [-0.4, -0.2) is 80.9 Å². The van der Waals surface area contributed by atoms with Crippen molar-refractivity contribution in [2.24, 2.45) is 4.99 Å². The van der Waals surface area contributed by atoms with Crippen molar-refractivity contribution >= 4 is 30.0 Å². The number of anilines is 1. The summed E-state index contributed by atoms with van der Waals surface area (Å²) in [5, 5.41) is 2.72. The van der Waals surface area contributed by atoms with Crippen LogP contribution in [0.2, 0.25) is 0 Å². The van der Waals surface area contributed by atoms with E-state index in [4.69, 9.17) is 9.73 Å². The maximum Gasteiger partial charge on any atom is 0.214 e. The number of aliphatic imine (C=N–C) groups is 1. The van der Waals surface area contributed by atoms with Crippen LogP contribution >= 0.6 is 0 Å². The van der Waals surface area contributed by atoms with Gasteiger partial charge < -0.3 is 15.0 Å². The molecule has 8 heteroatoms. The Kier molecular flexibility index (Phi) is 9.00. The number of rotatable bonds is 12. The Morgan fingerprint density at radius 3 is 2.51 bits per heavy atom. The van der Waals surface area contributed by atoms with Crippen LogP contribution in [0.15, 0.2) is 53.5 Å². The Balaban J connectivity index is 1.51. The zero-order valence-corrected chi connectivity index (χ0v) is 20.4. The number of amidine groups is 1. The molecule has 0 aromatic heterocycles. The molecule has 1 aliphatic carbocycles. The highest BCUT2D eigenvalue weighted by atomic mass is 16.5. The van der Waals surface area contributed by atoms with Gasteiger partial charge in [0.1, 0.15) is 5.84 Å². The molecule has 0 unspecified atom stereocenters. The lowest BCUT2D eigenvalue weighted by molar-refractivity contribution is -0.109. The maximum atomic E-state index is 12.2. The lowest BCUT2D eigenvalue weighted by Crippen LogP contribution is -2.37. The summed E-state index contributed by atoms with van der Waals surface area (Å²) in [5.74, 6) is 0.427. The zero-order valence-electron chi connectivity index (χ0n) is 20.4. The molecule has 2 aromatic carbocycles. The van der Waals surface area contributed by atoms with E-state index in [0.717, 1.165) is 74.7 Å². The number of para-hydroxylation sites is 2. The van der Waals surface area contributed by atoms with Gasteiger partial charge in [-0.25, -0.2) is 4.99 Å². The van der Waals surface area contributed by atoms with Gasteiger partial charge in [-0.1, -0.05) is 36.4 Å². The van der Waals surface area contributed by atoms with Gasteiger partial charge in [0.25, 0.3) is 0 Å². The van der Waals surface area contributed by atoms with Crippen LogP contribution in [0.4, 0.5) is 11.4 Å². The Labute approximate surface area is 207 Å². The van der Waals surface area contributed by atoms with E-state index in [-0.39, 0.29) is 6.54 Å². The molecule has 186 valence electrons. The molecule has 1 heterocycles. The van der Waals surface area contributed by atoms with Crippen LogP contribution in [0.5, 0.6) is 0 Å².